The van der Waals surface area contributed by atoms with Gasteiger partial charge in [-0.1, -0.05) is 0 Å². The maximum Gasteiger partial charge on any atom is 0.338 e. The molecule has 0 radical (unpaired) electrons. The van der Waals surface area contributed by atoms with Crippen molar-refractivity contribution in [1.29, 1.82) is 0 Å². The number of anilines is 3. The summed E-state index contributed by atoms with van der Waals surface area (Å²) in [4.78, 5) is 16.4. The van der Waals surface area contributed by atoms with Crippen molar-refractivity contribution in [3.63, 3.8) is 0 Å². The third kappa shape index (κ3) is 5.28. The number of ether oxygens (including phenoxy) is 1. The third-order valence-corrected chi connectivity index (χ3v) is 6.24. The number of hydrogen-bond donors (Lipinski definition) is 0. The lowest BCUT2D eigenvalue weighted by Gasteiger charge is -2.23. The molecular weight excluding hydrogens is 424 g/mol. The number of benzene rings is 3. The third-order valence-electron chi connectivity index (χ3n) is 6.24. The van der Waals surface area contributed by atoms with Gasteiger partial charge in [-0.05, 0) is 105 Å². The number of nitrogens with zero attached hydrogens (tertiary/aromatic N) is 4. The van der Waals surface area contributed by atoms with Gasteiger partial charge >= 0.3 is 5.97 Å². The zero-order valence-corrected chi connectivity index (χ0v) is 20.4. The molecule has 0 amide bonds. The summed E-state index contributed by atoms with van der Waals surface area (Å²) in [5.74, 6) is -0.302. The molecule has 0 saturated carbocycles. The lowest BCUT2D eigenvalue weighted by molar-refractivity contribution is 0.0526. The van der Waals surface area contributed by atoms with Gasteiger partial charge in [0.1, 0.15) is 0 Å². The van der Waals surface area contributed by atoms with Crippen LogP contribution < -0.4 is 9.80 Å². The van der Waals surface area contributed by atoms with Gasteiger partial charge in [-0.2, -0.15) is 10.2 Å². The Balaban J connectivity index is 1.48. The Morgan fingerprint density at radius 3 is 2.26 bits per heavy atom. The predicted octanol–water partition coefficient (Wildman–Crippen LogP) is 7.26. The van der Waals surface area contributed by atoms with Crippen molar-refractivity contribution in [2.75, 3.05) is 36.5 Å². The summed E-state index contributed by atoms with van der Waals surface area (Å²) in [6.45, 7) is 8.56. The monoisotopic (exact) mass is 456 g/mol. The zero-order valence-electron chi connectivity index (χ0n) is 20.4. The average molecular weight is 457 g/mol. The van der Waals surface area contributed by atoms with Crippen LogP contribution in [0, 0.1) is 13.8 Å². The second kappa shape index (κ2) is 10.5. The Bertz CT molecular complexity index is 1160. The van der Waals surface area contributed by atoms with Gasteiger partial charge in [0.05, 0.1) is 23.5 Å². The molecule has 0 aliphatic carbocycles. The van der Waals surface area contributed by atoms with Crippen molar-refractivity contribution < 1.29 is 9.53 Å². The minimum absolute atomic E-state index is 0.302. The molecule has 0 unspecified atom stereocenters. The normalized spacial score (nSPS) is 13.5. The molecule has 0 N–H and O–H groups in total. The summed E-state index contributed by atoms with van der Waals surface area (Å²) in [6, 6.07) is 20.0. The molecule has 6 heteroatoms. The molecule has 0 bridgehead atoms. The van der Waals surface area contributed by atoms with E-state index in [0.29, 0.717) is 12.2 Å². The van der Waals surface area contributed by atoms with Gasteiger partial charge in [0.25, 0.3) is 0 Å². The lowest BCUT2D eigenvalue weighted by atomic mass is 10.1. The summed E-state index contributed by atoms with van der Waals surface area (Å²) in [6.07, 6.45) is 2.54. The topological polar surface area (TPSA) is 57.5 Å². The minimum atomic E-state index is -0.302. The number of azo groups is 1. The van der Waals surface area contributed by atoms with Crippen LogP contribution in [-0.4, -0.2) is 32.7 Å². The van der Waals surface area contributed by atoms with Crippen LogP contribution in [0.5, 0.6) is 0 Å². The van der Waals surface area contributed by atoms with E-state index < -0.39 is 0 Å². The van der Waals surface area contributed by atoms with Crippen molar-refractivity contribution >= 4 is 34.4 Å². The van der Waals surface area contributed by atoms with Crippen LogP contribution in [-0.2, 0) is 4.74 Å². The highest BCUT2D eigenvalue weighted by atomic mass is 16.5. The van der Waals surface area contributed by atoms with Crippen LogP contribution in [0.4, 0.5) is 28.4 Å². The van der Waals surface area contributed by atoms with Crippen molar-refractivity contribution in [3.8, 4) is 0 Å². The molecule has 3 aromatic rings. The van der Waals surface area contributed by atoms with Gasteiger partial charge in [0, 0.05) is 37.2 Å². The number of carbonyl (C=O) groups is 1. The van der Waals surface area contributed by atoms with Gasteiger partial charge in [-0.15, -0.1) is 0 Å². The highest BCUT2D eigenvalue weighted by molar-refractivity contribution is 5.90. The minimum Gasteiger partial charge on any atom is -0.462 e. The smallest absolute Gasteiger partial charge is 0.338 e. The lowest BCUT2D eigenvalue weighted by Crippen LogP contribution is -2.17. The van der Waals surface area contributed by atoms with Crippen molar-refractivity contribution in [2.45, 2.75) is 33.6 Å². The molecule has 1 aliphatic heterocycles. The van der Waals surface area contributed by atoms with Crippen LogP contribution in [0.2, 0.25) is 0 Å². The molecule has 4 rings (SSSR count). The molecule has 3 aromatic carbocycles. The molecule has 1 fully saturated rings. The Labute approximate surface area is 201 Å². The van der Waals surface area contributed by atoms with Crippen molar-refractivity contribution in [1.82, 2.24) is 0 Å². The Hall–Kier alpha value is -3.67. The molecule has 1 saturated heterocycles. The van der Waals surface area contributed by atoms with E-state index in [1.54, 1.807) is 19.1 Å². The second-order valence-electron chi connectivity index (χ2n) is 8.66. The first-order valence-corrected chi connectivity index (χ1v) is 11.8. The molecule has 0 spiro atoms. The van der Waals surface area contributed by atoms with Gasteiger partial charge in [0.15, 0.2) is 0 Å². The van der Waals surface area contributed by atoms with Crippen LogP contribution in [0.25, 0.3) is 0 Å². The molecule has 34 heavy (non-hydrogen) atoms. The molecule has 1 aliphatic rings. The number of hydrogen-bond acceptors (Lipinski definition) is 6. The summed E-state index contributed by atoms with van der Waals surface area (Å²) >= 11 is 0. The molecule has 176 valence electrons. The number of carbonyl (C=O) groups excluding carboxylic acids is 1. The highest BCUT2D eigenvalue weighted by Crippen LogP contribution is 2.33. The fourth-order valence-corrected chi connectivity index (χ4v) is 4.25. The molecule has 0 aromatic heterocycles. The number of esters is 1. The average Bonchev–Trinajstić information content (AvgIpc) is 3.39. The largest absolute Gasteiger partial charge is 0.462 e. The number of rotatable bonds is 7. The van der Waals surface area contributed by atoms with E-state index in [2.05, 4.69) is 51.2 Å². The first kappa shape index (κ1) is 23.5. The molecule has 1 heterocycles. The van der Waals surface area contributed by atoms with Crippen molar-refractivity contribution in [2.24, 2.45) is 10.2 Å². The standard InChI is InChI=1S/C28H32N4O2/c1-5-34-28(33)22-8-12-24(13-9-22)31(4)27-19-20(2)26(18-21(27)3)30-29-23-10-14-25(15-11-23)32-16-6-7-17-32/h8-15,18-19H,5-7,16-17H2,1-4H3. The van der Waals surface area contributed by atoms with Gasteiger partial charge < -0.3 is 14.5 Å². The fourth-order valence-electron chi connectivity index (χ4n) is 4.25. The summed E-state index contributed by atoms with van der Waals surface area (Å²) in [7, 11) is 2.02. The number of aryl methyl sites for hydroxylation is 2. The van der Waals surface area contributed by atoms with Crippen molar-refractivity contribution in [3.05, 3.63) is 77.4 Å². The van der Waals surface area contributed by atoms with Crippen LogP contribution in [0.15, 0.2) is 70.9 Å². The van der Waals surface area contributed by atoms with Crippen LogP contribution in [0.3, 0.4) is 0 Å². The Morgan fingerprint density at radius 2 is 1.62 bits per heavy atom. The fraction of sp³-hybridized carbons (Fsp3) is 0.321. The molecular formula is C28H32N4O2. The van der Waals surface area contributed by atoms with Gasteiger partial charge in [-0.25, -0.2) is 4.79 Å². The Morgan fingerprint density at radius 1 is 0.941 bits per heavy atom. The van der Waals surface area contributed by atoms with E-state index in [9.17, 15) is 4.79 Å². The molecule has 0 atom stereocenters. The summed E-state index contributed by atoms with van der Waals surface area (Å²) in [5, 5.41) is 9.00. The van der Waals surface area contributed by atoms with E-state index in [-0.39, 0.29) is 5.97 Å². The maximum absolute atomic E-state index is 11.9. The zero-order chi connectivity index (χ0) is 24.1. The first-order valence-electron chi connectivity index (χ1n) is 11.8. The highest BCUT2D eigenvalue weighted by Gasteiger charge is 2.13. The quantitative estimate of drug-likeness (QED) is 0.277. The van der Waals surface area contributed by atoms with E-state index in [1.807, 2.05) is 38.2 Å². The molecule has 6 nitrogen and oxygen atoms in total. The van der Waals surface area contributed by atoms with Crippen LogP contribution >= 0.6 is 0 Å². The summed E-state index contributed by atoms with van der Waals surface area (Å²) in [5.41, 5.74) is 7.73. The van der Waals surface area contributed by atoms with Crippen LogP contribution in [0.1, 0.15) is 41.3 Å². The van der Waals surface area contributed by atoms with Gasteiger partial charge in [0.2, 0.25) is 0 Å². The van der Waals surface area contributed by atoms with E-state index in [1.165, 1.54) is 18.5 Å². The first-order chi connectivity index (χ1) is 16.5. The SMILES string of the molecule is CCOC(=O)c1ccc(N(C)c2cc(C)c(N=Nc3ccc(N4CCCC4)cc3)cc2C)cc1. The summed E-state index contributed by atoms with van der Waals surface area (Å²) < 4.78 is 5.07. The predicted molar refractivity (Wildman–Crippen MR) is 138 cm³/mol. The van der Waals surface area contributed by atoms with E-state index >= 15 is 0 Å². The van der Waals surface area contributed by atoms with Gasteiger partial charge in [-0.3, -0.25) is 0 Å². The van der Waals surface area contributed by atoms with E-state index in [0.717, 1.165) is 47.0 Å². The second-order valence-corrected chi connectivity index (χ2v) is 8.66. The van der Waals surface area contributed by atoms with E-state index in [4.69, 9.17) is 4.74 Å². The maximum atomic E-state index is 11.9. The Kier molecular flexibility index (Phi) is 7.26.